The number of nitrogens with zero attached hydrogens (tertiary/aromatic N) is 2. The Kier molecular flexibility index (Phi) is 5.62. The molecule has 1 heterocycles. The predicted molar refractivity (Wildman–Crippen MR) is 106 cm³/mol. The Balaban J connectivity index is 1.78. The Morgan fingerprint density at radius 1 is 0.889 bits per heavy atom. The first-order valence-corrected chi connectivity index (χ1v) is 10.3. The highest BCUT2D eigenvalue weighted by atomic mass is 32.2. The zero-order valence-electron chi connectivity index (χ0n) is 16.2. The molecule has 0 aromatic heterocycles. The fraction of sp³-hybridized carbons (Fsp3) is 0.400. The summed E-state index contributed by atoms with van der Waals surface area (Å²) in [7, 11) is -0.251. The molecule has 146 valence electrons. The minimum absolute atomic E-state index is 0.401. The second kappa shape index (κ2) is 7.78. The predicted octanol–water partition coefficient (Wildman–Crippen LogP) is 2.83. The minimum Gasteiger partial charge on any atom is -0.497 e. The van der Waals surface area contributed by atoms with Crippen LogP contribution in [0.2, 0.25) is 0 Å². The smallest absolute Gasteiger partial charge is 0.243 e. The summed E-state index contributed by atoms with van der Waals surface area (Å²) in [5.74, 6) is 1.45. The molecule has 1 fully saturated rings. The topological polar surface area (TPSA) is 59.1 Å². The summed E-state index contributed by atoms with van der Waals surface area (Å²) in [6, 6.07) is 11.2. The molecule has 0 radical (unpaired) electrons. The third kappa shape index (κ3) is 3.89. The monoisotopic (exact) mass is 390 g/mol. The molecule has 2 aromatic rings. The van der Waals surface area contributed by atoms with E-state index in [9.17, 15) is 8.42 Å². The van der Waals surface area contributed by atoms with Crippen LogP contribution in [0.25, 0.3) is 0 Å². The molecule has 1 aliphatic rings. The van der Waals surface area contributed by atoms with Crippen LogP contribution in [0.5, 0.6) is 11.5 Å². The maximum atomic E-state index is 13.1. The van der Waals surface area contributed by atoms with E-state index in [1.165, 1.54) is 0 Å². The van der Waals surface area contributed by atoms with Gasteiger partial charge in [-0.2, -0.15) is 4.31 Å². The first kappa shape index (κ1) is 19.5. The highest BCUT2D eigenvalue weighted by Crippen LogP contribution is 2.33. The van der Waals surface area contributed by atoms with E-state index >= 15 is 0 Å². The van der Waals surface area contributed by atoms with Crippen molar-refractivity contribution < 1.29 is 17.9 Å². The van der Waals surface area contributed by atoms with E-state index in [0.29, 0.717) is 31.1 Å². The largest absolute Gasteiger partial charge is 0.497 e. The molecule has 0 unspecified atom stereocenters. The first-order valence-electron chi connectivity index (χ1n) is 8.91. The highest BCUT2D eigenvalue weighted by molar-refractivity contribution is 7.89. The van der Waals surface area contributed by atoms with Crippen LogP contribution in [0.3, 0.4) is 0 Å². The number of rotatable bonds is 5. The Labute approximate surface area is 161 Å². The number of aryl methyl sites for hydroxylation is 2. The summed E-state index contributed by atoms with van der Waals surface area (Å²) >= 11 is 0. The van der Waals surface area contributed by atoms with Crippen molar-refractivity contribution in [1.29, 1.82) is 0 Å². The van der Waals surface area contributed by atoms with Gasteiger partial charge in [-0.15, -0.1) is 0 Å². The standard InChI is InChI=1S/C20H26N2O4S/c1-15-5-6-16(2)20(13-15)27(23,24)22-11-9-21(10-12-22)18-8-7-17(25-3)14-19(18)26-4/h5-8,13-14H,9-12H2,1-4H3. The van der Waals surface area contributed by atoms with Crippen LogP contribution < -0.4 is 14.4 Å². The number of anilines is 1. The van der Waals surface area contributed by atoms with Crippen LogP contribution in [0.15, 0.2) is 41.3 Å². The Morgan fingerprint density at radius 3 is 2.22 bits per heavy atom. The Bertz CT molecular complexity index is 920. The van der Waals surface area contributed by atoms with Gasteiger partial charge < -0.3 is 14.4 Å². The zero-order valence-corrected chi connectivity index (χ0v) is 17.0. The van der Waals surface area contributed by atoms with Crippen molar-refractivity contribution >= 4 is 15.7 Å². The number of hydrogen-bond donors (Lipinski definition) is 0. The van der Waals surface area contributed by atoms with Gasteiger partial charge in [0.2, 0.25) is 10.0 Å². The van der Waals surface area contributed by atoms with Gasteiger partial charge in [0.25, 0.3) is 0 Å². The van der Waals surface area contributed by atoms with Gasteiger partial charge in [0.05, 0.1) is 24.8 Å². The lowest BCUT2D eigenvalue weighted by molar-refractivity contribution is 0.375. The number of benzene rings is 2. The summed E-state index contributed by atoms with van der Waals surface area (Å²) in [5.41, 5.74) is 2.67. The lowest BCUT2D eigenvalue weighted by atomic mass is 10.2. The van der Waals surface area contributed by atoms with Crippen LogP contribution in [-0.4, -0.2) is 53.1 Å². The van der Waals surface area contributed by atoms with Crippen molar-refractivity contribution in [2.24, 2.45) is 0 Å². The molecule has 7 heteroatoms. The number of ether oxygens (including phenoxy) is 2. The van der Waals surface area contributed by atoms with Gasteiger partial charge in [0.1, 0.15) is 11.5 Å². The summed E-state index contributed by atoms with van der Waals surface area (Å²) < 4.78 is 38.4. The second-order valence-corrected chi connectivity index (χ2v) is 8.60. The van der Waals surface area contributed by atoms with Gasteiger partial charge in [0, 0.05) is 32.2 Å². The van der Waals surface area contributed by atoms with Crippen molar-refractivity contribution in [1.82, 2.24) is 4.31 Å². The third-order valence-corrected chi connectivity index (χ3v) is 6.97. The van der Waals surface area contributed by atoms with E-state index in [1.807, 2.05) is 44.2 Å². The quantitative estimate of drug-likeness (QED) is 0.786. The van der Waals surface area contributed by atoms with Crippen molar-refractivity contribution in [3.05, 3.63) is 47.5 Å². The molecule has 0 bridgehead atoms. The third-order valence-electron chi connectivity index (χ3n) is 4.93. The lowest BCUT2D eigenvalue weighted by Gasteiger charge is -2.36. The molecule has 2 aromatic carbocycles. The average molecular weight is 391 g/mol. The zero-order chi connectivity index (χ0) is 19.6. The highest BCUT2D eigenvalue weighted by Gasteiger charge is 2.30. The first-order chi connectivity index (χ1) is 12.9. The average Bonchev–Trinajstić information content (AvgIpc) is 2.69. The molecule has 3 rings (SSSR count). The van der Waals surface area contributed by atoms with Crippen LogP contribution in [0.4, 0.5) is 5.69 Å². The molecule has 0 atom stereocenters. The summed E-state index contributed by atoms with van der Waals surface area (Å²) in [6.45, 7) is 5.83. The fourth-order valence-electron chi connectivity index (χ4n) is 3.34. The molecule has 27 heavy (non-hydrogen) atoms. The van der Waals surface area contributed by atoms with E-state index in [2.05, 4.69) is 4.90 Å². The normalized spacial score (nSPS) is 15.6. The van der Waals surface area contributed by atoms with Gasteiger partial charge >= 0.3 is 0 Å². The number of piperazine rings is 1. The van der Waals surface area contributed by atoms with Crippen LogP contribution in [0.1, 0.15) is 11.1 Å². The van der Waals surface area contributed by atoms with Crippen molar-refractivity contribution in [2.75, 3.05) is 45.3 Å². The molecule has 6 nitrogen and oxygen atoms in total. The maximum Gasteiger partial charge on any atom is 0.243 e. The van der Waals surface area contributed by atoms with Gasteiger partial charge in [-0.05, 0) is 43.2 Å². The molecule has 0 aliphatic carbocycles. The van der Waals surface area contributed by atoms with Crippen molar-refractivity contribution in [2.45, 2.75) is 18.7 Å². The van der Waals surface area contributed by atoms with E-state index < -0.39 is 10.0 Å². The molecule has 1 aliphatic heterocycles. The SMILES string of the molecule is COc1ccc(N2CCN(S(=O)(=O)c3cc(C)ccc3C)CC2)c(OC)c1. The fourth-order valence-corrected chi connectivity index (χ4v) is 5.07. The molecular weight excluding hydrogens is 364 g/mol. The van der Waals surface area contributed by atoms with E-state index in [4.69, 9.17) is 9.47 Å². The minimum atomic E-state index is -3.49. The summed E-state index contributed by atoms with van der Waals surface area (Å²) in [5, 5.41) is 0. The maximum absolute atomic E-state index is 13.1. The Morgan fingerprint density at radius 2 is 1.59 bits per heavy atom. The van der Waals surface area contributed by atoms with Gasteiger partial charge in [-0.1, -0.05) is 12.1 Å². The van der Waals surface area contributed by atoms with Gasteiger partial charge in [-0.25, -0.2) is 8.42 Å². The summed E-state index contributed by atoms with van der Waals surface area (Å²) in [6.07, 6.45) is 0. The molecule has 0 amide bonds. The molecule has 0 N–H and O–H groups in total. The van der Waals surface area contributed by atoms with E-state index in [0.717, 1.165) is 28.3 Å². The van der Waals surface area contributed by atoms with E-state index in [-0.39, 0.29) is 0 Å². The lowest BCUT2D eigenvalue weighted by Crippen LogP contribution is -2.48. The van der Waals surface area contributed by atoms with Crippen molar-refractivity contribution in [3.8, 4) is 11.5 Å². The second-order valence-electron chi connectivity index (χ2n) is 6.70. The molecular formula is C20H26N2O4S. The van der Waals surface area contributed by atoms with Crippen LogP contribution in [-0.2, 0) is 10.0 Å². The summed E-state index contributed by atoms with van der Waals surface area (Å²) in [4.78, 5) is 2.55. The van der Waals surface area contributed by atoms with Crippen LogP contribution >= 0.6 is 0 Å². The number of hydrogen-bond acceptors (Lipinski definition) is 5. The number of methoxy groups -OCH3 is 2. The van der Waals surface area contributed by atoms with Gasteiger partial charge in [0.15, 0.2) is 0 Å². The van der Waals surface area contributed by atoms with E-state index in [1.54, 1.807) is 24.6 Å². The Hall–Kier alpha value is -2.25. The molecule has 1 saturated heterocycles. The van der Waals surface area contributed by atoms with Gasteiger partial charge in [-0.3, -0.25) is 0 Å². The van der Waals surface area contributed by atoms with Crippen molar-refractivity contribution in [3.63, 3.8) is 0 Å². The molecule has 0 saturated carbocycles. The molecule has 0 spiro atoms. The van der Waals surface area contributed by atoms with Crippen LogP contribution in [0, 0.1) is 13.8 Å². The number of sulfonamides is 1.